The highest BCUT2D eigenvalue weighted by atomic mass is 16.1. The Morgan fingerprint density at radius 2 is 1.58 bits per heavy atom. The fraction of sp³-hybridized carbons (Fsp3) is 0.0625. The molecule has 0 amide bonds. The first-order valence-electron chi connectivity index (χ1n) is 6.28. The van der Waals surface area contributed by atoms with Crippen LogP contribution in [0.15, 0.2) is 47.3 Å². The maximum atomic E-state index is 12.5. The lowest BCUT2D eigenvalue weighted by molar-refractivity contribution is 1.46. The van der Waals surface area contributed by atoms with Crippen LogP contribution in [0.25, 0.3) is 32.8 Å². The third-order valence-corrected chi connectivity index (χ3v) is 3.69. The Bertz CT molecular complexity index is 992. The maximum Gasteiger partial charge on any atom is 0.213 e. The topological polar surface area (TPSA) is 48.6 Å². The van der Waals surface area contributed by atoms with Gasteiger partial charge in [-0.25, -0.2) is 0 Å². The largest absolute Gasteiger partial charge is 0.353 e. The van der Waals surface area contributed by atoms with Gasteiger partial charge in [-0.15, -0.1) is 0 Å². The molecule has 0 aliphatic heterocycles. The molecule has 2 heterocycles. The van der Waals surface area contributed by atoms with E-state index in [0.29, 0.717) is 5.52 Å². The number of aromatic nitrogens is 2. The van der Waals surface area contributed by atoms with Gasteiger partial charge in [0.15, 0.2) is 0 Å². The zero-order valence-electron chi connectivity index (χ0n) is 10.4. The van der Waals surface area contributed by atoms with Crippen LogP contribution in [0.5, 0.6) is 0 Å². The van der Waals surface area contributed by atoms with E-state index in [9.17, 15) is 4.79 Å². The van der Waals surface area contributed by atoms with Crippen LogP contribution in [-0.4, -0.2) is 9.97 Å². The number of aryl methyl sites for hydroxylation is 1. The second kappa shape index (κ2) is 3.48. The van der Waals surface area contributed by atoms with Gasteiger partial charge in [0, 0.05) is 21.8 Å². The summed E-state index contributed by atoms with van der Waals surface area (Å²) in [5.41, 5.74) is 4.65. The van der Waals surface area contributed by atoms with Crippen molar-refractivity contribution in [1.29, 1.82) is 0 Å². The SMILES string of the molecule is Cc1cccc2[nH]c3c(=O)c4ccccc4[nH]c3c12. The van der Waals surface area contributed by atoms with E-state index >= 15 is 0 Å². The Hall–Kier alpha value is -2.55. The molecular formula is C16H12N2O. The minimum absolute atomic E-state index is 0.0555. The Kier molecular flexibility index (Phi) is 1.90. The second-order valence-corrected chi connectivity index (χ2v) is 4.87. The molecule has 2 N–H and O–H groups in total. The number of aromatic amines is 2. The van der Waals surface area contributed by atoms with E-state index < -0.39 is 0 Å². The van der Waals surface area contributed by atoms with Gasteiger partial charge < -0.3 is 9.97 Å². The van der Waals surface area contributed by atoms with Crippen molar-refractivity contribution >= 4 is 32.8 Å². The predicted molar refractivity (Wildman–Crippen MR) is 78.7 cm³/mol. The van der Waals surface area contributed by atoms with Gasteiger partial charge >= 0.3 is 0 Å². The number of hydrogen-bond acceptors (Lipinski definition) is 1. The molecule has 0 bridgehead atoms. The van der Waals surface area contributed by atoms with E-state index in [4.69, 9.17) is 0 Å². The van der Waals surface area contributed by atoms with Gasteiger partial charge in [0.25, 0.3) is 0 Å². The van der Waals surface area contributed by atoms with Gasteiger partial charge in [0.05, 0.1) is 5.52 Å². The van der Waals surface area contributed by atoms with Crippen LogP contribution in [0.3, 0.4) is 0 Å². The summed E-state index contributed by atoms with van der Waals surface area (Å²) < 4.78 is 0. The van der Waals surface area contributed by atoms with Crippen LogP contribution in [0, 0.1) is 6.92 Å². The normalized spacial score (nSPS) is 11.6. The number of benzene rings is 2. The molecule has 0 aliphatic rings. The Labute approximate surface area is 108 Å². The highest BCUT2D eigenvalue weighted by molar-refractivity contribution is 6.09. The Balaban J connectivity index is 2.38. The zero-order chi connectivity index (χ0) is 13.0. The lowest BCUT2D eigenvalue weighted by atomic mass is 10.1. The molecule has 2 aromatic carbocycles. The average Bonchev–Trinajstić information content (AvgIpc) is 2.79. The van der Waals surface area contributed by atoms with Crippen molar-refractivity contribution in [2.24, 2.45) is 0 Å². The molecule has 92 valence electrons. The molecule has 3 heteroatoms. The Morgan fingerprint density at radius 3 is 2.47 bits per heavy atom. The average molecular weight is 248 g/mol. The third-order valence-electron chi connectivity index (χ3n) is 3.69. The fourth-order valence-electron chi connectivity index (χ4n) is 2.78. The Morgan fingerprint density at radius 1 is 0.842 bits per heavy atom. The third kappa shape index (κ3) is 1.30. The lowest BCUT2D eigenvalue weighted by Crippen LogP contribution is -2.03. The highest BCUT2D eigenvalue weighted by Gasteiger charge is 2.11. The van der Waals surface area contributed by atoms with Gasteiger partial charge in [-0.1, -0.05) is 24.3 Å². The van der Waals surface area contributed by atoms with E-state index in [1.54, 1.807) is 0 Å². The van der Waals surface area contributed by atoms with Gasteiger partial charge in [-0.2, -0.15) is 0 Å². The number of H-pyrrole nitrogens is 2. The number of rotatable bonds is 0. The highest BCUT2D eigenvalue weighted by Crippen LogP contribution is 2.26. The van der Waals surface area contributed by atoms with Gasteiger partial charge in [-0.3, -0.25) is 4.79 Å². The molecule has 0 atom stereocenters. The van der Waals surface area contributed by atoms with Gasteiger partial charge in [-0.05, 0) is 30.7 Å². The van der Waals surface area contributed by atoms with E-state index in [1.807, 2.05) is 36.4 Å². The molecule has 19 heavy (non-hydrogen) atoms. The molecule has 3 nitrogen and oxygen atoms in total. The summed E-state index contributed by atoms with van der Waals surface area (Å²) in [6.45, 7) is 2.06. The van der Waals surface area contributed by atoms with Crippen molar-refractivity contribution in [2.75, 3.05) is 0 Å². The lowest BCUT2D eigenvalue weighted by Gasteiger charge is -1.99. The van der Waals surface area contributed by atoms with Crippen LogP contribution >= 0.6 is 0 Å². The molecule has 0 fully saturated rings. The summed E-state index contributed by atoms with van der Waals surface area (Å²) in [4.78, 5) is 19.1. The van der Waals surface area contributed by atoms with Crippen molar-refractivity contribution < 1.29 is 0 Å². The predicted octanol–water partition coefficient (Wildman–Crippen LogP) is 3.47. The zero-order valence-corrected chi connectivity index (χ0v) is 10.4. The first-order chi connectivity index (χ1) is 9.25. The molecule has 0 spiro atoms. The summed E-state index contributed by atoms with van der Waals surface area (Å²) in [5, 5.41) is 1.82. The molecule has 0 aliphatic carbocycles. The molecule has 4 rings (SSSR count). The van der Waals surface area contributed by atoms with Gasteiger partial charge in [0.1, 0.15) is 5.52 Å². The standard InChI is InChI=1S/C16H12N2O/c1-9-5-4-8-12-13(9)14-15(18-12)16(19)10-6-2-3-7-11(10)17-14/h2-8,18H,1H3,(H,17,19). The molecule has 0 saturated heterocycles. The van der Waals surface area contributed by atoms with E-state index in [-0.39, 0.29) is 5.43 Å². The quantitative estimate of drug-likeness (QED) is 0.492. The summed E-state index contributed by atoms with van der Waals surface area (Å²) in [7, 11) is 0. The van der Waals surface area contributed by atoms with Gasteiger partial charge in [0.2, 0.25) is 5.43 Å². The van der Waals surface area contributed by atoms with Crippen LogP contribution in [-0.2, 0) is 0 Å². The second-order valence-electron chi connectivity index (χ2n) is 4.87. The molecule has 4 aromatic rings. The molecule has 0 saturated carbocycles. The monoisotopic (exact) mass is 248 g/mol. The minimum atomic E-state index is 0.0555. The summed E-state index contributed by atoms with van der Waals surface area (Å²) >= 11 is 0. The fourth-order valence-corrected chi connectivity index (χ4v) is 2.78. The van der Waals surface area contributed by atoms with Crippen molar-refractivity contribution in [2.45, 2.75) is 6.92 Å². The minimum Gasteiger partial charge on any atom is -0.353 e. The van der Waals surface area contributed by atoms with Crippen LogP contribution in [0.1, 0.15) is 5.56 Å². The first-order valence-corrected chi connectivity index (χ1v) is 6.28. The van der Waals surface area contributed by atoms with Crippen LogP contribution < -0.4 is 5.43 Å². The van der Waals surface area contributed by atoms with Crippen molar-refractivity contribution in [1.82, 2.24) is 9.97 Å². The van der Waals surface area contributed by atoms with Crippen LogP contribution in [0.4, 0.5) is 0 Å². The van der Waals surface area contributed by atoms with E-state index in [0.717, 1.165) is 32.9 Å². The number of pyridine rings is 1. The summed E-state index contributed by atoms with van der Waals surface area (Å²) in [6, 6.07) is 13.7. The number of fused-ring (bicyclic) bond motifs is 4. The van der Waals surface area contributed by atoms with Crippen molar-refractivity contribution in [3.63, 3.8) is 0 Å². The number of hydrogen-bond donors (Lipinski definition) is 2. The molecular weight excluding hydrogens is 236 g/mol. The summed E-state index contributed by atoms with van der Waals surface area (Å²) in [6.07, 6.45) is 0. The first kappa shape index (κ1) is 10.4. The molecule has 0 radical (unpaired) electrons. The van der Waals surface area contributed by atoms with Crippen molar-refractivity contribution in [3.05, 3.63) is 58.3 Å². The van der Waals surface area contributed by atoms with Crippen molar-refractivity contribution in [3.8, 4) is 0 Å². The summed E-state index contributed by atoms with van der Waals surface area (Å²) in [5.74, 6) is 0. The molecule has 2 aromatic heterocycles. The van der Waals surface area contributed by atoms with E-state index in [2.05, 4.69) is 23.0 Å². The maximum absolute atomic E-state index is 12.5. The number of para-hydroxylation sites is 1. The smallest absolute Gasteiger partial charge is 0.213 e. The number of nitrogens with one attached hydrogen (secondary N) is 2. The van der Waals surface area contributed by atoms with E-state index in [1.165, 1.54) is 0 Å². The van der Waals surface area contributed by atoms with Crippen LogP contribution in [0.2, 0.25) is 0 Å². The molecule has 0 unspecified atom stereocenters.